The molecule has 0 aliphatic carbocycles. The van der Waals surface area contributed by atoms with E-state index in [0.29, 0.717) is 11.4 Å². The van der Waals surface area contributed by atoms with Crippen LogP contribution in [0.1, 0.15) is 21.5 Å². The van der Waals surface area contributed by atoms with Gasteiger partial charge in [-0.25, -0.2) is 0 Å². The van der Waals surface area contributed by atoms with Gasteiger partial charge >= 0.3 is 0 Å². The summed E-state index contributed by atoms with van der Waals surface area (Å²) in [6, 6.07) is 13.5. The Morgan fingerprint density at radius 1 is 1.16 bits per heavy atom. The molecule has 0 spiro atoms. The average molecular weight is 353 g/mol. The van der Waals surface area contributed by atoms with Crippen molar-refractivity contribution in [3.63, 3.8) is 0 Å². The summed E-state index contributed by atoms with van der Waals surface area (Å²) in [6.07, 6.45) is 1.68. The van der Waals surface area contributed by atoms with Crippen molar-refractivity contribution in [2.45, 2.75) is 6.61 Å². The molecule has 1 fully saturated rings. The lowest BCUT2D eigenvalue weighted by Gasteiger charge is -2.09. The van der Waals surface area contributed by atoms with Crippen LogP contribution in [0.4, 0.5) is 0 Å². The number of carboxylic acids is 1. The van der Waals surface area contributed by atoms with Crippen LogP contribution in [0.5, 0.6) is 5.75 Å². The van der Waals surface area contributed by atoms with Gasteiger partial charge in [0.05, 0.1) is 5.97 Å². The maximum Gasteiger partial charge on any atom is 0.273 e. The van der Waals surface area contributed by atoms with Crippen LogP contribution in [-0.2, 0) is 11.4 Å². The Morgan fingerprint density at radius 3 is 2.56 bits per heavy atom. The summed E-state index contributed by atoms with van der Waals surface area (Å²) < 4.78 is 5.64. The molecule has 25 heavy (non-hydrogen) atoms. The number of carbonyl (C=O) groups excluding carboxylic acids is 2. The molecule has 0 bridgehead atoms. The van der Waals surface area contributed by atoms with E-state index in [9.17, 15) is 14.7 Å². The van der Waals surface area contributed by atoms with Crippen LogP contribution < -0.4 is 20.5 Å². The van der Waals surface area contributed by atoms with E-state index in [2.05, 4.69) is 10.6 Å². The monoisotopic (exact) mass is 353 g/mol. The van der Waals surface area contributed by atoms with E-state index < -0.39 is 5.97 Å². The molecule has 0 atom stereocenters. The first-order valence-corrected chi connectivity index (χ1v) is 7.79. The molecule has 2 aromatic carbocycles. The van der Waals surface area contributed by atoms with Crippen molar-refractivity contribution < 1.29 is 19.4 Å². The highest BCUT2D eigenvalue weighted by Crippen LogP contribution is 2.17. The fraction of sp³-hybridized carbons (Fsp3) is 0.0556. The maximum absolute atomic E-state index is 11.6. The minimum Gasteiger partial charge on any atom is -0.545 e. The molecule has 7 heteroatoms. The van der Waals surface area contributed by atoms with Crippen LogP contribution >= 0.6 is 12.2 Å². The number of nitrogens with one attached hydrogen (secondary N) is 2. The van der Waals surface area contributed by atoms with Gasteiger partial charge in [-0.15, -0.1) is 0 Å². The smallest absolute Gasteiger partial charge is 0.273 e. The van der Waals surface area contributed by atoms with Gasteiger partial charge in [0.15, 0.2) is 5.11 Å². The molecule has 1 amide bonds. The topological polar surface area (TPSA) is 90.5 Å². The highest BCUT2D eigenvalue weighted by atomic mass is 32.1. The maximum atomic E-state index is 11.6. The second-order valence-corrected chi connectivity index (χ2v) is 5.72. The number of aromatic carboxylic acids is 1. The number of benzene rings is 2. The zero-order valence-electron chi connectivity index (χ0n) is 12.9. The van der Waals surface area contributed by atoms with Crippen molar-refractivity contribution in [2.24, 2.45) is 0 Å². The van der Waals surface area contributed by atoms with Gasteiger partial charge in [0.25, 0.3) is 5.91 Å². The van der Waals surface area contributed by atoms with Gasteiger partial charge in [-0.3, -0.25) is 10.1 Å². The van der Waals surface area contributed by atoms with Gasteiger partial charge < -0.3 is 20.0 Å². The summed E-state index contributed by atoms with van der Waals surface area (Å²) in [4.78, 5) is 22.4. The minimum absolute atomic E-state index is 0.114. The second-order valence-electron chi connectivity index (χ2n) is 5.31. The van der Waals surface area contributed by atoms with Gasteiger partial charge in [-0.1, -0.05) is 30.3 Å². The molecular weight excluding hydrogens is 340 g/mol. The quantitative estimate of drug-likeness (QED) is 0.615. The number of ether oxygens (including phenoxy) is 1. The number of amides is 1. The van der Waals surface area contributed by atoms with Gasteiger partial charge in [0, 0.05) is 0 Å². The van der Waals surface area contributed by atoms with Crippen molar-refractivity contribution in [3.05, 3.63) is 70.9 Å². The second kappa shape index (κ2) is 7.14. The summed E-state index contributed by atoms with van der Waals surface area (Å²) >= 11 is 4.87. The lowest BCUT2D eigenvalue weighted by molar-refractivity contribution is -0.255. The third-order valence-electron chi connectivity index (χ3n) is 3.48. The summed E-state index contributed by atoms with van der Waals surface area (Å²) in [5, 5.41) is 16.4. The molecule has 1 saturated heterocycles. The third kappa shape index (κ3) is 4.21. The van der Waals surface area contributed by atoms with Crippen LogP contribution in [0, 0.1) is 0 Å². The van der Waals surface area contributed by atoms with Crippen LogP contribution in [-0.4, -0.2) is 17.0 Å². The fourth-order valence-electron chi connectivity index (χ4n) is 2.26. The van der Waals surface area contributed by atoms with Crippen molar-refractivity contribution in [3.8, 4) is 5.75 Å². The first kappa shape index (κ1) is 16.7. The number of carbonyl (C=O) groups is 2. The number of hydrogen-bond acceptors (Lipinski definition) is 5. The van der Waals surface area contributed by atoms with Crippen molar-refractivity contribution in [1.29, 1.82) is 0 Å². The van der Waals surface area contributed by atoms with Gasteiger partial charge in [0.2, 0.25) is 0 Å². The van der Waals surface area contributed by atoms with Crippen LogP contribution in [0.2, 0.25) is 0 Å². The molecule has 2 N–H and O–H groups in total. The summed E-state index contributed by atoms with van der Waals surface area (Å²) in [6.45, 7) is 0.236. The van der Waals surface area contributed by atoms with E-state index in [0.717, 1.165) is 11.1 Å². The number of hydrogen-bond donors (Lipinski definition) is 2. The van der Waals surface area contributed by atoms with Crippen molar-refractivity contribution in [1.82, 2.24) is 10.6 Å². The van der Waals surface area contributed by atoms with E-state index >= 15 is 0 Å². The third-order valence-corrected chi connectivity index (χ3v) is 3.68. The lowest BCUT2D eigenvalue weighted by atomic mass is 10.1. The number of rotatable bonds is 5. The number of thiocarbonyl (C=S) groups is 1. The molecular formula is C18H13N2O4S-. The largest absolute Gasteiger partial charge is 0.545 e. The molecule has 1 aliphatic heterocycles. The average Bonchev–Trinajstić information content (AvgIpc) is 2.92. The Hall–Kier alpha value is -3.19. The van der Waals surface area contributed by atoms with Crippen LogP contribution in [0.25, 0.3) is 6.08 Å². The first-order valence-electron chi connectivity index (χ1n) is 7.38. The highest BCUT2D eigenvalue weighted by Gasteiger charge is 2.19. The molecule has 126 valence electrons. The Bertz CT molecular complexity index is 875. The summed E-state index contributed by atoms with van der Waals surface area (Å²) in [7, 11) is 0. The SMILES string of the molecule is O=C1NC(=S)N/C1=C/c1ccc(OCc2cccc(C(=O)[O-])c2)cc1. The van der Waals surface area contributed by atoms with E-state index in [1.807, 2.05) is 0 Å². The summed E-state index contributed by atoms with van der Waals surface area (Å²) in [5.41, 5.74) is 2.04. The zero-order valence-corrected chi connectivity index (χ0v) is 13.8. The standard InChI is InChI=1S/C18H14N2O4S/c21-16-15(19-18(25)20-16)9-11-4-6-14(7-5-11)24-10-12-2-1-3-13(8-12)17(22)23/h1-9H,10H2,(H,22,23)(H2,19,20,21,25)/p-1/b15-9+. The highest BCUT2D eigenvalue weighted by molar-refractivity contribution is 7.80. The molecule has 0 aromatic heterocycles. The molecule has 3 rings (SSSR count). The lowest BCUT2D eigenvalue weighted by Crippen LogP contribution is -2.22. The van der Waals surface area contributed by atoms with E-state index in [4.69, 9.17) is 17.0 Å². The Kier molecular flexibility index (Phi) is 4.76. The normalized spacial score (nSPS) is 15.0. The van der Waals surface area contributed by atoms with E-state index in [-0.39, 0.29) is 23.2 Å². The molecule has 1 aliphatic rings. The fourth-order valence-corrected chi connectivity index (χ4v) is 2.47. The first-order chi connectivity index (χ1) is 12.0. The number of carboxylic acid groups (broad SMARTS) is 1. The summed E-state index contributed by atoms with van der Waals surface area (Å²) in [5.74, 6) is -0.859. The Balaban J connectivity index is 1.64. The molecule has 2 aromatic rings. The van der Waals surface area contributed by atoms with Crippen molar-refractivity contribution in [2.75, 3.05) is 0 Å². The minimum atomic E-state index is -1.22. The van der Waals surface area contributed by atoms with Crippen molar-refractivity contribution >= 4 is 35.3 Å². The van der Waals surface area contributed by atoms with Gasteiger partial charge in [0.1, 0.15) is 18.1 Å². The van der Waals surface area contributed by atoms with Gasteiger partial charge in [-0.05, 0) is 53.2 Å². The van der Waals surface area contributed by atoms with Gasteiger partial charge in [-0.2, -0.15) is 0 Å². The molecule has 1 heterocycles. The predicted molar refractivity (Wildman–Crippen MR) is 93.4 cm³/mol. The molecule has 0 saturated carbocycles. The molecule has 6 nitrogen and oxygen atoms in total. The van der Waals surface area contributed by atoms with Crippen LogP contribution in [0.3, 0.4) is 0 Å². The van der Waals surface area contributed by atoms with E-state index in [1.165, 1.54) is 12.1 Å². The predicted octanol–water partition coefficient (Wildman–Crippen LogP) is 0.974. The Labute approximate surface area is 149 Å². The molecule has 0 unspecified atom stereocenters. The Morgan fingerprint density at radius 2 is 1.92 bits per heavy atom. The zero-order chi connectivity index (χ0) is 17.8. The van der Waals surface area contributed by atoms with E-state index in [1.54, 1.807) is 42.5 Å². The van der Waals surface area contributed by atoms with Crippen LogP contribution in [0.15, 0.2) is 54.2 Å². The molecule has 0 radical (unpaired) electrons.